The van der Waals surface area contributed by atoms with Gasteiger partial charge in [-0.25, -0.2) is 9.78 Å². The van der Waals surface area contributed by atoms with Crippen LogP contribution in [0.2, 0.25) is 0 Å². The molecule has 0 unspecified atom stereocenters. The van der Waals surface area contributed by atoms with Gasteiger partial charge < -0.3 is 5.32 Å². The summed E-state index contributed by atoms with van der Waals surface area (Å²) < 4.78 is 0.767. The molecule has 0 aromatic carbocycles. The van der Waals surface area contributed by atoms with Crippen LogP contribution in [-0.4, -0.2) is 23.1 Å². The number of nitrogens with one attached hydrogen (secondary N) is 1. The summed E-state index contributed by atoms with van der Waals surface area (Å²) >= 11 is 3.27. The van der Waals surface area contributed by atoms with Crippen LogP contribution >= 0.6 is 15.9 Å². The highest BCUT2D eigenvalue weighted by atomic mass is 79.9. The molecular formula is C10H12BrN3O. The number of nitrogens with zero attached hydrogens (tertiary/aromatic N) is 2. The van der Waals surface area contributed by atoms with Crippen molar-refractivity contribution >= 4 is 27.6 Å². The zero-order valence-electron chi connectivity index (χ0n) is 8.62. The van der Waals surface area contributed by atoms with Crippen LogP contribution in [0.1, 0.15) is 13.8 Å². The molecule has 0 bridgehead atoms. The normalized spacial score (nSPS) is 19.1. The average Bonchev–Trinajstić information content (AvgIpc) is 2.43. The minimum absolute atomic E-state index is 0.0656. The summed E-state index contributed by atoms with van der Waals surface area (Å²) in [6, 6.07) is 3.64. The predicted molar refractivity (Wildman–Crippen MR) is 61.9 cm³/mol. The van der Waals surface area contributed by atoms with E-state index in [0.29, 0.717) is 6.54 Å². The molecule has 80 valence electrons. The first-order valence-electron chi connectivity index (χ1n) is 4.70. The van der Waals surface area contributed by atoms with Crippen LogP contribution in [0.5, 0.6) is 0 Å². The third kappa shape index (κ3) is 1.84. The van der Waals surface area contributed by atoms with Gasteiger partial charge in [0.05, 0.1) is 17.4 Å². The van der Waals surface area contributed by atoms with E-state index in [-0.39, 0.29) is 11.6 Å². The summed E-state index contributed by atoms with van der Waals surface area (Å²) in [5.41, 5.74) is 0.616. The van der Waals surface area contributed by atoms with E-state index in [1.165, 1.54) is 0 Å². The molecule has 1 aromatic heterocycles. The first kappa shape index (κ1) is 10.4. The Morgan fingerprint density at radius 3 is 2.73 bits per heavy atom. The van der Waals surface area contributed by atoms with Gasteiger partial charge in [0.15, 0.2) is 0 Å². The van der Waals surface area contributed by atoms with Gasteiger partial charge in [-0.05, 0) is 41.9 Å². The number of halogens is 1. The molecule has 1 aliphatic heterocycles. The number of rotatable bonds is 1. The van der Waals surface area contributed by atoms with Crippen LogP contribution in [0.4, 0.5) is 10.5 Å². The van der Waals surface area contributed by atoms with Gasteiger partial charge >= 0.3 is 6.03 Å². The molecule has 1 fully saturated rings. The predicted octanol–water partition coefficient (Wildman–Crippen LogP) is 2.15. The highest BCUT2D eigenvalue weighted by molar-refractivity contribution is 9.10. The Morgan fingerprint density at radius 1 is 1.53 bits per heavy atom. The molecule has 0 spiro atoms. The fourth-order valence-electron chi connectivity index (χ4n) is 1.69. The van der Waals surface area contributed by atoms with Crippen molar-refractivity contribution in [3.05, 3.63) is 22.9 Å². The quantitative estimate of drug-likeness (QED) is 0.795. The van der Waals surface area contributed by atoms with E-state index in [1.54, 1.807) is 11.1 Å². The molecule has 4 nitrogen and oxygen atoms in total. The highest BCUT2D eigenvalue weighted by Crippen LogP contribution is 2.27. The van der Waals surface area contributed by atoms with Crippen molar-refractivity contribution in [1.82, 2.24) is 10.3 Å². The smallest absolute Gasteiger partial charge is 0.322 e. The molecule has 2 heterocycles. The summed E-state index contributed by atoms with van der Waals surface area (Å²) in [5, 5.41) is 2.82. The number of urea groups is 1. The lowest BCUT2D eigenvalue weighted by Gasteiger charge is -2.29. The van der Waals surface area contributed by atoms with Gasteiger partial charge in [0.1, 0.15) is 4.60 Å². The number of amides is 2. The molecule has 2 rings (SSSR count). The number of hydrogen-bond acceptors (Lipinski definition) is 2. The third-order valence-electron chi connectivity index (χ3n) is 2.45. The lowest BCUT2D eigenvalue weighted by molar-refractivity contribution is 0.251. The average molecular weight is 270 g/mol. The Balaban J connectivity index is 2.37. The molecule has 0 radical (unpaired) electrons. The SMILES string of the molecule is CC1(C)CNC(=O)N1c1ccc(Br)nc1. The van der Waals surface area contributed by atoms with Crippen LogP contribution in [0.15, 0.2) is 22.9 Å². The molecule has 1 saturated heterocycles. The number of pyridine rings is 1. The molecule has 1 aliphatic rings. The summed E-state index contributed by atoms with van der Waals surface area (Å²) in [5.74, 6) is 0. The van der Waals surface area contributed by atoms with E-state index in [1.807, 2.05) is 26.0 Å². The van der Waals surface area contributed by atoms with Gasteiger partial charge in [-0.15, -0.1) is 0 Å². The standard InChI is InChI=1S/C10H12BrN3O/c1-10(2)6-13-9(15)14(10)7-3-4-8(11)12-5-7/h3-5H,6H2,1-2H3,(H,13,15). The van der Waals surface area contributed by atoms with Crippen LogP contribution in [0.25, 0.3) is 0 Å². The van der Waals surface area contributed by atoms with Crippen molar-refractivity contribution in [1.29, 1.82) is 0 Å². The van der Waals surface area contributed by atoms with Gasteiger partial charge in [-0.3, -0.25) is 4.90 Å². The van der Waals surface area contributed by atoms with E-state index in [2.05, 4.69) is 26.2 Å². The van der Waals surface area contributed by atoms with E-state index < -0.39 is 0 Å². The maximum atomic E-state index is 11.7. The number of hydrogen-bond donors (Lipinski definition) is 1. The second kappa shape index (κ2) is 3.48. The molecule has 5 heteroatoms. The van der Waals surface area contributed by atoms with E-state index in [4.69, 9.17) is 0 Å². The molecule has 1 aromatic rings. The third-order valence-corrected chi connectivity index (χ3v) is 2.92. The van der Waals surface area contributed by atoms with Gasteiger partial charge in [-0.2, -0.15) is 0 Å². The second-order valence-corrected chi connectivity index (χ2v) is 4.96. The Labute approximate surface area is 96.8 Å². The fraction of sp³-hybridized carbons (Fsp3) is 0.400. The summed E-state index contributed by atoms with van der Waals surface area (Å²) in [6.45, 7) is 4.70. The zero-order valence-corrected chi connectivity index (χ0v) is 10.2. The highest BCUT2D eigenvalue weighted by Gasteiger charge is 2.38. The molecule has 15 heavy (non-hydrogen) atoms. The summed E-state index contributed by atoms with van der Waals surface area (Å²) in [7, 11) is 0. The molecule has 2 amide bonds. The van der Waals surface area contributed by atoms with Crippen molar-refractivity contribution in [2.45, 2.75) is 19.4 Å². The number of anilines is 1. The maximum absolute atomic E-state index is 11.7. The minimum Gasteiger partial charge on any atom is -0.335 e. The van der Waals surface area contributed by atoms with Gasteiger partial charge in [0.2, 0.25) is 0 Å². The lowest BCUT2D eigenvalue weighted by Crippen LogP contribution is -2.42. The van der Waals surface area contributed by atoms with Crippen molar-refractivity contribution < 1.29 is 4.79 Å². The van der Waals surface area contributed by atoms with Crippen molar-refractivity contribution in [3.8, 4) is 0 Å². The molecular weight excluding hydrogens is 258 g/mol. The molecule has 0 atom stereocenters. The van der Waals surface area contributed by atoms with E-state index in [0.717, 1.165) is 10.3 Å². The number of aromatic nitrogens is 1. The van der Waals surface area contributed by atoms with E-state index >= 15 is 0 Å². The first-order valence-corrected chi connectivity index (χ1v) is 5.50. The van der Waals surface area contributed by atoms with Crippen LogP contribution < -0.4 is 10.2 Å². The van der Waals surface area contributed by atoms with E-state index in [9.17, 15) is 4.79 Å². The monoisotopic (exact) mass is 269 g/mol. The number of carbonyl (C=O) groups excluding carboxylic acids is 1. The minimum atomic E-state index is -0.202. The number of carbonyl (C=O) groups is 1. The fourth-order valence-corrected chi connectivity index (χ4v) is 1.93. The van der Waals surface area contributed by atoms with Crippen LogP contribution in [-0.2, 0) is 0 Å². The zero-order chi connectivity index (χ0) is 11.1. The Kier molecular flexibility index (Phi) is 2.42. The Hall–Kier alpha value is -1.10. The van der Waals surface area contributed by atoms with Gasteiger partial charge in [0.25, 0.3) is 0 Å². The largest absolute Gasteiger partial charge is 0.335 e. The van der Waals surface area contributed by atoms with Gasteiger partial charge in [0, 0.05) is 6.54 Å². The van der Waals surface area contributed by atoms with Crippen molar-refractivity contribution in [2.24, 2.45) is 0 Å². The van der Waals surface area contributed by atoms with Crippen LogP contribution in [0.3, 0.4) is 0 Å². The first-order chi connectivity index (χ1) is 7.00. The maximum Gasteiger partial charge on any atom is 0.322 e. The second-order valence-electron chi connectivity index (χ2n) is 4.15. The Bertz CT molecular complexity index is 388. The molecule has 0 aliphatic carbocycles. The topological polar surface area (TPSA) is 45.2 Å². The lowest BCUT2D eigenvalue weighted by atomic mass is 10.1. The van der Waals surface area contributed by atoms with Crippen molar-refractivity contribution in [3.63, 3.8) is 0 Å². The van der Waals surface area contributed by atoms with Crippen LogP contribution in [0, 0.1) is 0 Å². The summed E-state index contributed by atoms with van der Waals surface area (Å²) in [4.78, 5) is 17.5. The summed E-state index contributed by atoms with van der Waals surface area (Å²) in [6.07, 6.45) is 1.69. The van der Waals surface area contributed by atoms with Crippen molar-refractivity contribution in [2.75, 3.05) is 11.4 Å². The molecule has 1 N–H and O–H groups in total. The van der Waals surface area contributed by atoms with Gasteiger partial charge in [-0.1, -0.05) is 0 Å². The molecule has 0 saturated carbocycles. The Morgan fingerprint density at radius 2 is 2.27 bits per heavy atom.